The molecule has 0 radical (unpaired) electrons. The van der Waals surface area contributed by atoms with Gasteiger partial charge in [0.15, 0.2) is 5.75 Å². The van der Waals surface area contributed by atoms with Crippen molar-refractivity contribution in [2.24, 2.45) is 5.73 Å². The van der Waals surface area contributed by atoms with Crippen molar-refractivity contribution < 1.29 is 8.42 Å². The van der Waals surface area contributed by atoms with E-state index in [2.05, 4.69) is 4.72 Å². The number of hydrogen-bond acceptors (Lipinski definition) is 4. The Morgan fingerprint density at radius 2 is 2.00 bits per heavy atom. The number of nitrogens with zero attached hydrogens (tertiary/aromatic N) is 1. The zero-order valence-electron chi connectivity index (χ0n) is 8.63. The molecule has 86 valence electrons. The van der Waals surface area contributed by atoms with Crippen molar-refractivity contribution in [1.29, 1.82) is 5.26 Å². The van der Waals surface area contributed by atoms with Gasteiger partial charge in [-0.2, -0.15) is 5.26 Å². The van der Waals surface area contributed by atoms with Gasteiger partial charge in [0.25, 0.3) is 0 Å². The van der Waals surface area contributed by atoms with Gasteiger partial charge in [0.05, 0.1) is 6.07 Å². The first-order valence-corrected chi connectivity index (χ1v) is 6.35. The van der Waals surface area contributed by atoms with Crippen molar-refractivity contribution in [2.75, 3.05) is 12.3 Å². The lowest BCUT2D eigenvalue weighted by molar-refractivity contribution is 0.575. The van der Waals surface area contributed by atoms with Crippen molar-refractivity contribution in [2.45, 2.75) is 6.04 Å². The smallest absolute Gasteiger partial charge is 0.225 e. The molecule has 0 aliphatic rings. The summed E-state index contributed by atoms with van der Waals surface area (Å²) in [5.74, 6) is -0.547. The third kappa shape index (κ3) is 3.98. The number of hydrogen-bond donors (Lipinski definition) is 2. The van der Waals surface area contributed by atoms with Crippen LogP contribution in [-0.4, -0.2) is 20.7 Å². The van der Waals surface area contributed by atoms with Gasteiger partial charge in [-0.3, -0.25) is 0 Å². The van der Waals surface area contributed by atoms with Crippen LogP contribution in [0.2, 0.25) is 0 Å². The van der Waals surface area contributed by atoms with Crippen LogP contribution >= 0.6 is 0 Å². The zero-order chi connectivity index (χ0) is 12.0. The Kier molecular flexibility index (Phi) is 4.43. The van der Waals surface area contributed by atoms with E-state index in [1.165, 1.54) is 0 Å². The lowest BCUT2D eigenvalue weighted by Crippen LogP contribution is -2.33. The molecule has 1 aromatic carbocycles. The Morgan fingerprint density at radius 3 is 2.56 bits per heavy atom. The Labute approximate surface area is 94.9 Å². The second-order valence-corrected chi connectivity index (χ2v) is 5.09. The van der Waals surface area contributed by atoms with Gasteiger partial charge in [-0.25, -0.2) is 13.1 Å². The van der Waals surface area contributed by atoms with Gasteiger partial charge in [-0.15, -0.1) is 0 Å². The molecule has 0 amide bonds. The number of sulfonamides is 1. The summed E-state index contributed by atoms with van der Waals surface area (Å²) >= 11 is 0. The predicted molar refractivity (Wildman–Crippen MR) is 60.8 cm³/mol. The number of benzene rings is 1. The first-order valence-electron chi connectivity index (χ1n) is 4.70. The predicted octanol–water partition coefficient (Wildman–Crippen LogP) is 0.129. The van der Waals surface area contributed by atoms with Crippen molar-refractivity contribution in [3.05, 3.63) is 35.9 Å². The summed E-state index contributed by atoms with van der Waals surface area (Å²) in [6.07, 6.45) is 0. The van der Waals surface area contributed by atoms with Gasteiger partial charge in [0.1, 0.15) is 0 Å². The molecule has 3 N–H and O–H groups in total. The summed E-state index contributed by atoms with van der Waals surface area (Å²) in [5, 5.41) is 8.28. The van der Waals surface area contributed by atoms with E-state index < -0.39 is 21.8 Å². The standard InChI is InChI=1S/C10H13N3O2S/c11-6-7-16(14,15)13-8-10(12)9-4-2-1-3-5-9/h1-5,10,13H,7-8,12H2. The zero-order valence-corrected chi connectivity index (χ0v) is 9.44. The minimum Gasteiger partial charge on any atom is -0.323 e. The third-order valence-corrected chi connectivity index (χ3v) is 3.12. The maximum absolute atomic E-state index is 11.2. The van der Waals surface area contributed by atoms with Crippen molar-refractivity contribution in [3.63, 3.8) is 0 Å². The molecule has 0 spiro atoms. The normalized spacial score (nSPS) is 13.0. The van der Waals surface area contributed by atoms with Crippen LogP contribution in [0.4, 0.5) is 0 Å². The highest BCUT2D eigenvalue weighted by atomic mass is 32.2. The van der Waals surface area contributed by atoms with Gasteiger partial charge >= 0.3 is 0 Å². The number of nitriles is 1. The van der Waals surface area contributed by atoms with E-state index in [1.54, 1.807) is 6.07 Å². The SMILES string of the molecule is N#CCS(=O)(=O)NCC(N)c1ccccc1. The summed E-state index contributed by atoms with van der Waals surface area (Å²) in [6, 6.07) is 10.3. The monoisotopic (exact) mass is 239 g/mol. The summed E-state index contributed by atoms with van der Waals surface area (Å²) in [5.41, 5.74) is 6.64. The highest BCUT2D eigenvalue weighted by Gasteiger charge is 2.12. The molecule has 0 bridgehead atoms. The first kappa shape index (κ1) is 12.6. The van der Waals surface area contributed by atoms with E-state index in [0.29, 0.717) is 0 Å². The molecule has 1 atom stereocenters. The Hall–Kier alpha value is -1.42. The summed E-state index contributed by atoms with van der Waals surface area (Å²) in [7, 11) is -3.53. The molecular weight excluding hydrogens is 226 g/mol. The molecule has 0 aliphatic carbocycles. The molecule has 0 aromatic heterocycles. The molecule has 1 rings (SSSR count). The highest BCUT2D eigenvalue weighted by Crippen LogP contribution is 2.08. The van der Waals surface area contributed by atoms with Crippen molar-refractivity contribution in [1.82, 2.24) is 4.72 Å². The minimum absolute atomic E-state index is 0.0913. The number of rotatable bonds is 5. The second kappa shape index (κ2) is 5.61. The fraction of sp³-hybridized carbons (Fsp3) is 0.300. The van der Waals surface area contributed by atoms with Gasteiger partial charge in [-0.05, 0) is 5.56 Å². The molecule has 5 nitrogen and oxygen atoms in total. The van der Waals surface area contributed by atoms with Gasteiger partial charge in [0.2, 0.25) is 10.0 Å². The largest absolute Gasteiger partial charge is 0.323 e. The van der Waals surface area contributed by atoms with Crippen LogP contribution in [0.5, 0.6) is 0 Å². The maximum Gasteiger partial charge on any atom is 0.225 e. The topological polar surface area (TPSA) is 96.0 Å². The Balaban J connectivity index is 2.55. The molecule has 6 heteroatoms. The van der Waals surface area contributed by atoms with Gasteiger partial charge in [0, 0.05) is 12.6 Å². The van der Waals surface area contributed by atoms with E-state index in [0.717, 1.165) is 5.56 Å². The fourth-order valence-electron chi connectivity index (χ4n) is 1.17. The minimum atomic E-state index is -3.53. The van der Waals surface area contributed by atoms with Crippen LogP contribution in [-0.2, 0) is 10.0 Å². The third-order valence-electron chi connectivity index (χ3n) is 2.01. The molecule has 0 heterocycles. The van der Waals surface area contributed by atoms with Crippen LogP contribution in [0, 0.1) is 11.3 Å². The Morgan fingerprint density at radius 1 is 1.38 bits per heavy atom. The lowest BCUT2D eigenvalue weighted by atomic mass is 10.1. The maximum atomic E-state index is 11.2. The lowest BCUT2D eigenvalue weighted by Gasteiger charge is -2.12. The van der Waals surface area contributed by atoms with Crippen LogP contribution in [0.25, 0.3) is 0 Å². The van der Waals surface area contributed by atoms with Gasteiger partial charge < -0.3 is 5.73 Å². The van der Waals surface area contributed by atoms with Gasteiger partial charge in [-0.1, -0.05) is 30.3 Å². The highest BCUT2D eigenvalue weighted by molar-refractivity contribution is 7.89. The Bertz CT molecular complexity index is 465. The molecule has 0 saturated carbocycles. The molecular formula is C10H13N3O2S. The summed E-state index contributed by atoms with van der Waals surface area (Å²) in [6.45, 7) is 0.0913. The fourth-order valence-corrected chi connectivity index (χ4v) is 1.88. The molecule has 16 heavy (non-hydrogen) atoms. The second-order valence-electron chi connectivity index (χ2n) is 3.28. The molecule has 0 fully saturated rings. The summed E-state index contributed by atoms with van der Waals surface area (Å²) in [4.78, 5) is 0. The van der Waals surface area contributed by atoms with E-state index >= 15 is 0 Å². The van der Waals surface area contributed by atoms with Crippen LogP contribution in [0.15, 0.2) is 30.3 Å². The van der Waals surface area contributed by atoms with Crippen LogP contribution < -0.4 is 10.5 Å². The van der Waals surface area contributed by atoms with E-state index in [1.807, 2.05) is 30.3 Å². The van der Waals surface area contributed by atoms with E-state index in [4.69, 9.17) is 11.0 Å². The number of nitrogens with one attached hydrogen (secondary N) is 1. The quantitative estimate of drug-likeness (QED) is 0.763. The molecule has 1 unspecified atom stereocenters. The van der Waals surface area contributed by atoms with Crippen LogP contribution in [0.1, 0.15) is 11.6 Å². The summed E-state index contributed by atoms with van der Waals surface area (Å²) < 4.78 is 24.6. The number of nitrogens with two attached hydrogens (primary N) is 1. The average molecular weight is 239 g/mol. The first-order chi connectivity index (χ1) is 7.55. The molecule has 0 saturated heterocycles. The van der Waals surface area contributed by atoms with E-state index in [9.17, 15) is 8.42 Å². The average Bonchev–Trinajstić information content (AvgIpc) is 2.27. The van der Waals surface area contributed by atoms with Crippen molar-refractivity contribution in [3.8, 4) is 6.07 Å². The molecule has 0 aliphatic heterocycles. The van der Waals surface area contributed by atoms with Crippen LogP contribution in [0.3, 0.4) is 0 Å². The molecule has 1 aromatic rings. The van der Waals surface area contributed by atoms with Crippen molar-refractivity contribution >= 4 is 10.0 Å². The van der Waals surface area contributed by atoms with E-state index in [-0.39, 0.29) is 6.54 Å².